The lowest BCUT2D eigenvalue weighted by Crippen LogP contribution is -2.33. The highest BCUT2D eigenvalue weighted by molar-refractivity contribution is 5.91. The number of methoxy groups -OCH3 is 1. The molecular formula is C20H26N2O3. The van der Waals surface area contributed by atoms with Gasteiger partial charge in [-0.1, -0.05) is 50.2 Å². The number of hydrogen-bond donors (Lipinski definition) is 3. The molecule has 5 nitrogen and oxygen atoms in total. The Hall–Kier alpha value is -2.53. The topological polar surface area (TPSA) is 70.6 Å². The van der Waals surface area contributed by atoms with E-state index in [-0.39, 0.29) is 12.6 Å². The fourth-order valence-corrected chi connectivity index (χ4v) is 2.80. The maximum Gasteiger partial charge on any atom is 0.319 e. The minimum atomic E-state index is -0.839. The monoisotopic (exact) mass is 342 g/mol. The number of anilines is 1. The molecular weight excluding hydrogens is 316 g/mol. The van der Waals surface area contributed by atoms with Gasteiger partial charge in [-0.2, -0.15) is 0 Å². The van der Waals surface area contributed by atoms with Gasteiger partial charge in [0.15, 0.2) is 0 Å². The number of ether oxygens (including phenoxy) is 1. The van der Waals surface area contributed by atoms with Gasteiger partial charge in [0.2, 0.25) is 0 Å². The van der Waals surface area contributed by atoms with E-state index in [0.717, 1.165) is 29.7 Å². The van der Waals surface area contributed by atoms with Crippen molar-refractivity contribution in [2.75, 3.05) is 19.0 Å². The number of rotatable bonds is 7. The van der Waals surface area contributed by atoms with E-state index in [1.165, 1.54) is 0 Å². The Kier molecular flexibility index (Phi) is 6.83. The van der Waals surface area contributed by atoms with Crippen molar-refractivity contribution in [1.82, 2.24) is 5.32 Å². The zero-order valence-electron chi connectivity index (χ0n) is 15.0. The molecule has 0 bridgehead atoms. The van der Waals surface area contributed by atoms with Crippen LogP contribution in [0.4, 0.5) is 10.5 Å². The maximum absolute atomic E-state index is 12.3. The molecule has 0 radical (unpaired) electrons. The van der Waals surface area contributed by atoms with E-state index in [1.54, 1.807) is 19.2 Å². The number of amides is 2. The second kappa shape index (κ2) is 9.08. The van der Waals surface area contributed by atoms with Gasteiger partial charge < -0.3 is 20.5 Å². The van der Waals surface area contributed by atoms with Crippen LogP contribution >= 0.6 is 0 Å². The van der Waals surface area contributed by atoms with E-state index in [2.05, 4.69) is 24.5 Å². The highest BCUT2D eigenvalue weighted by atomic mass is 16.5. The van der Waals surface area contributed by atoms with Crippen molar-refractivity contribution in [3.8, 4) is 5.75 Å². The molecule has 134 valence electrons. The number of aliphatic hydroxyl groups is 1. The molecule has 0 aromatic heterocycles. The largest absolute Gasteiger partial charge is 0.496 e. The molecule has 5 heteroatoms. The van der Waals surface area contributed by atoms with Crippen LogP contribution < -0.4 is 15.4 Å². The summed E-state index contributed by atoms with van der Waals surface area (Å²) in [6.45, 7) is 4.22. The zero-order valence-corrected chi connectivity index (χ0v) is 15.0. The molecule has 2 rings (SSSR count). The molecule has 0 aliphatic rings. The first kappa shape index (κ1) is 18.8. The molecule has 1 atom stereocenters. The number of urea groups is 1. The average molecular weight is 342 g/mol. The number of aliphatic hydroxyl groups excluding tert-OH is 1. The second-order valence-corrected chi connectivity index (χ2v) is 5.75. The van der Waals surface area contributed by atoms with Crippen LogP contribution in [0.3, 0.4) is 0 Å². The van der Waals surface area contributed by atoms with Gasteiger partial charge in [0.05, 0.1) is 13.2 Å². The van der Waals surface area contributed by atoms with E-state index in [9.17, 15) is 9.90 Å². The van der Waals surface area contributed by atoms with Crippen molar-refractivity contribution in [3.05, 3.63) is 59.2 Å². The summed E-state index contributed by atoms with van der Waals surface area (Å²) in [5.74, 6) is 0.599. The molecule has 3 N–H and O–H groups in total. The highest BCUT2D eigenvalue weighted by Gasteiger charge is 2.15. The lowest BCUT2D eigenvalue weighted by molar-refractivity contribution is 0.171. The van der Waals surface area contributed by atoms with Gasteiger partial charge in [0, 0.05) is 17.8 Å². The Bertz CT molecular complexity index is 694. The first-order valence-corrected chi connectivity index (χ1v) is 8.57. The molecule has 2 aromatic rings. The summed E-state index contributed by atoms with van der Waals surface area (Å²) in [6, 6.07) is 12.9. The number of nitrogens with one attached hydrogen (secondary N) is 2. The summed E-state index contributed by atoms with van der Waals surface area (Å²) < 4.78 is 5.24. The maximum atomic E-state index is 12.3. The minimum absolute atomic E-state index is 0.0992. The Labute approximate surface area is 149 Å². The third kappa shape index (κ3) is 4.73. The summed E-state index contributed by atoms with van der Waals surface area (Å²) in [5.41, 5.74) is 3.70. The summed E-state index contributed by atoms with van der Waals surface area (Å²) in [4.78, 5) is 12.3. The van der Waals surface area contributed by atoms with Crippen molar-refractivity contribution < 1.29 is 14.6 Å². The predicted octanol–water partition coefficient (Wildman–Crippen LogP) is 3.68. The third-order valence-electron chi connectivity index (χ3n) is 4.19. The van der Waals surface area contributed by atoms with Crippen LogP contribution in [0.1, 0.15) is 36.6 Å². The molecule has 2 amide bonds. The van der Waals surface area contributed by atoms with Crippen molar-refractivity contribution >= 4 is 11.7 Å². The van der Waals surface area contributed by atoms with Gasteiger partial charge in [-0.05, 0) is 30.0 Å². The molecule has 0 aliphatic carbocycles. The van der Waals surface area contributed by atoms with Crippen LogP contribution in [0.5, 0.6) is 5.75 Å². The minimum Gasteiger partial charge on any atom is -0.496 e. The van der Waals surface area contributed by atoms with E-state index < -0.39 is 6.10 Å². The zero-order chi connectivity index (χ0) is 18.2. The van der Waals surface area contributed by atoms with E-state index >= 15 is 0 Å². The summed E-state index contributed by atoms with van der Waals surface area (Å²) in [5, 5.41) is 16.0. The van der Waals surface area contributed by atoms with Crippen molar-refractivity contribution in [2.24, 2.45) is 0 Å². The fraction of sp³-hybridized carbons (Fsp3) is 0.350. The Balaban J connectivity index is 2.02. The quantitative estimate of drug-likeness (QED) is 0.719. The van der Waals surface area contributed by atoms with Gasteiger partial charge in [-0.15, -0.1) is 0 Å². The number of carbonyl (C=O) groups excluding carboxylic acids is 1. The summed E-state index contributed by atoms with van der Waals surface area (Å²) in [7, 11) is 1.56. The molecule has 2 aromatic carbocycles. The van der Waals surface area contributed by atoms with E-state index in [1.807, 2.05) is 30.3 Å². The molecule has 0 fully saturated rings. The van der Waals surface area contributed by atoms with Gasteiger partial charge in [-0.3, -0.25) is 0 Å². The highest BCUT2D eigenvalue weighted by Crippen LogP contribution is 2.25. The first-order chi connectivity index (χ1) is 12.1. The van der Waals surface area contributed by atoms with E-state index in [0.29, 0.717) is 11.3 Å². The molecule has 0 saturated heterocycles. The first-order valence-electron chi connectivity index (χ1n) is 8.57. The molecule has 25 heavy (non-hydrogen) atoms. The van der Waals surface area contributed by atoms with E-state index in [4.69, 9.17) is 4.74 Å². The Morgan fingerprint density at radius 3 is 2.32 bits per heavy atom. The van der Waals surface area contributed by atoms with Gasteiger partial charge in [-0.25, -0.2) is 4.79 Å². The summed E-state index contributed by atoms with van der Waals surface area (Å²) in [6.07, 6.45) is 0.842. The third-order valence-corrected chi connectivity index (χ3v) is 4.19. The molecule has 0 heterocycles. The number of aryl methyl sites for hydroxylation is 2. The SMILES string of the molecule is CCc1cccc(CC)c1NC(=O)NCC(O)c1ccccc1OC. The molecule has 1 unspecified atom stereocenters. The number of carbonyl (C=O) groups is 1. The van der Waals surface area contributed by atoms with Crippen LogP contribution in [0.2, 0.25) is 0 Å². The van der Waals surface area contributed by atoms with Crippen LogP contribution in [0.25, 0.3) is 0 Å². The van der Waals surface area contributed by atoms with Crippen molar-refractivity contribution in [3.63, 3.8) is 0 Å². The van der Waals surface area contributed by atoms with Crippen LogP contribution in [-0.2, 0) is 12.8 Å². The average Bonchev–Trinajstić information content (AvgIpc) is 2.66. The molecule has 0 saturated carbocycles. The van der Waals surface area contributed by atoms with Crippen molar-refractivity contribution in [1.29, 1.82) is 0 Å². The number of hydrogen-bond acceptors (Lipinski definition) is 3. The van der Waals surface area contributed by atoms with Crippen molar-refractivity contribution in [2.45, 2.75) is 32.8 Å². The standard InChI is InChI=1S/C20H26N2O3/c1-4-14-9-8-10-15(5-2)19(14)22-20(24)21-13-17(23)16-11-6-7-12-18(16)25-3/h6-12,17,23H,4-5,13H2,1-3H3,(H2,21,22,24). The molecule has 0 aliphatic heterocycles. The lowest BCUT2D eigenvalue weighted by atomic mass is 10.0. The smallest absolute Gasteiger partial charge is 0.319 e. The Morgan fingerprint density at radius 1 is 1.08 bits per heavy atom. The fourth-order valence-electron chi connectivity index (χ4n) is 2.80. The predicted molar refractivity (Wildman–Crippen MR) is 100 cm³/mol. The van der Waals surface area contributed by atoms with Crippen LogP contribution in [0, 0.1) is 0 Å². The normalized spacial score (nSPS) is 11.7. The number of para-hydroxylation sites is 2. The van der Waals surface area contributed by atoms with Gasteiger partial charge in [0.1, 0.15) is 5.75 Å². The lowest BCUT2D eigenvalue weighted by Gasteiger charge is -2.17. The van der Waals surface area contributed by atoms with Crippen LogP contribution in [0.15, 0.2) is 42.5 Å². The number of benzene rings is 2. The van der Waals surface area contributed by atoms with Crippen LogP contribution in [-0.4, -0.2) is 24.8 Å². The second-order valence-electron chi connectivity index (χ2n) is 5.75. The van der Waals surface area contributed by atoms with Gasteiger partial charge in [0.25, 0.3) is 0 Å². The Morgan fingerprint density at radius 2 is 1.72 bits per heavy atom. The summed E-state index contributed by atoms with van der Waals surface area (Å²) >= 11 is 0. The van der Waals surface area contributed by atoms with Gasteiger partial charge >= 0.3 is 6.03 Å². The molecule has 0 spiro atoms.